The average molecular weight is 284 g/mol. The minimum atomic E-state index is -0.551. The SMILES string of the molecule is CCNC(C)(CCCCN1CCN(C)C(C)C1)C(N)=O. The molecule has 0 aromatic carbocycles. The number of nitrogens with one attached hydrogen (secondary N) is 1. The van der Waals surface area contributed by atoms with Gasteiger partial charge in [0.2, 0.25) is 5.91 Å². The third-order valence-electron chi connectivity index (χ3n) is 4.56. The Morgan fingerprint density at radius 1 is 1.40 bits per heavy atom. The highest BCUT2D eigenvalue weighted by Crippen LogP contribution is 2.15. The second-order valence-corrected chi connectivity index (χ2v) is 6.31. The number of unbranched alkanes of at least 4 members (excludes halogenated alkanes) is 1. The third kappa shape index (κ3) is 5.04. The molecule has 1 amide bonds. The van der Waals surface area contributed by atoms with Crippen LogP contribution in [0.2, 0.25) is 0 Å². The summed E-state index contributed by atoms with van der Waals surface area (Å²) in [5, 5.41) is 3.21. The van der Waals surface area contributed by atoms with Gasteiger partial charge in [0.25, 0.3) is 0 Å². The lowest BCUT2D eigenvalue weighted by molar-refractivity contribution is -0.124. The molecule has 1 aliphatic rings. The highest BCUT2D eigenvalue weighted by Gasteiger charge is 2.29. The van der Waals surface area contributed by atoms with Crippen LogP contribution in [0.25, 0.3) is 0 Å². The van der Waals surface area contributed by atoms with Crippen molar-refractivity contribution < 1.29 is 4.79 Å². The number of piperazine rings is 1. The Morgan fingerprint density at radius 3 is 2.65 bits per heavy atom. The van der Waals surface area contributed by atoms with Crippen LogP contribution >= 0.6 is 0 Å². The fourth-order valence-electron chi connectivity index (χ4n) is 2.83. The minimum absolute atomic E-state index is 0.243. The predicted octanol–water partition coefficient (Wildman–Crippen LogP) is 0.646. The third-order valence-corrected chi connectivity index (χ3v) is 4.56. The number of hydrogen-bond donors (Lipinski definition) is 2. The Morgan fingerprint density at radius 2 is 2.10 bits per heavy atom. The monoisotopic (exact) mass is 284 g/mol. The molecule has 0 bridgehead atoms. The fourth-order valence-corrected chi connectivity index (χ4v) is 2.83. The smallest absolute Gasteiger partial charge is 0.237 e. The Hall–Kier alpha value is -0.650. The van der Waals surface area contributed by atoms with E-state index in [-0.39, 0.29) is 5.91 Å². The molecule has 1 saturated heterocycles. The van der Waals surface area contributed by atoms with Crippen LogP contribution in [0.1, 0.15) is 40.0 Å². The van der Waals surface area contributed by atoms with Crippen molar-refractivity contribution in [3.63, 3.8) is 0 Å². The number of likely N-dealkylation sites (N-methyl/N-ethyl adjacent to an activating group) is 2. The van der Waals surface area contributed by atoms with E-state index in [0.717, 1.165) is 52.0 Å². The Balaban J connectivity index is 2.25. The Bertz CT molecular complexity index is 310. The molecule has 1 fully saturated rings. The minimum Gasteiger partial charge on any atom is -0.368 e. The van der Waals surface area contributed by atoms with Gasteiger partial charge in [-0.05, 0) is 53.2 Å². The molecule has 5 nitrogen and oxygen atoms in total. The Labute approximate surface area is 123 Å². The molecule has 0 saturated carbocycles. The summed E-state index contributed by atoms with van der Waals surface area (Å²) in [4.78, 5) is 16.5. The summed E-state index contributed by atoms with van der Waals surface area (Å²) in [6, 6.07) is 0.640. The summed E-state index contributed by atoms with van der Waals surface area (Å²) in [7, 11) is 2.19. The molecular weight excluding hydrogens is 252 g/mol. The standard InChI is InChI=1S/C15H32N4O/c1-5-17-15(3,14(16)20)8-6-7-9-19-11-10-18(4)13(2)12-19/h13,17H,5-12H2,1-4H3,(H2,16,20). The van der Waals surface area contributed by atoms with Crippen LogP contribution in [0.15, 0.2) is 0 Å². The number of nitrogens with zero attached hydrogens (tertiary/aromatic N) is 2. The molecule has 3 N–H and O–H groups in total. The summed E-state index contributed by atoms with van der Waals surface area (Å²) in [5.41, 5.74) is 4.95. The van der Waals surface area contributed by atoms with Crippen molar-refractivity contribution in [1.82, 2.24) is 15.1 Å². The lowest BCUT2D eigenvalue weighted by Gasteiger charge is -2.37. The second-order valence-electron chi connectivity index (χ2n) is 6.31. The molecular formula is C15H32N4O. The fraction of sp³-hybridized carbons (Fsp3) is 0.933. The van der Waals surface area contributed by atoms with E-state index < -0.39 is 5.54 Å². The zero-order valence-electron chi connectivity index (χ0n) is 13.6. The predicted molar refractivity (Wildman–Crippen MR) is 83.7 cm³/mol. The van der Waals surface area contributed by atoms with Crippen LogP contribution < -0.4 is 11.1 Å². The van der Waals surface area contributed by atoms with Gasteiger partial charge >= 0.3 is 0 Å². The van der Waals surface area contributed by atoms with E-state index in [1.54, 1.807) is 0 Å². The van der Waals surface area contributed by atoms with Crippen LogP contribution in [-0.4, -0.2) is 67.1 Å². The van der Waals surface area contributed by atoms with E-state index in [1.165, 1.54) is 0 Å². The van der Waals surface area contributed by atoms with Crippen molar-refractivity contribution >= 4 is 5.91 Å². The van der Waals surface area contributed by atoms with Gasteiger partial charge in [0.05, 0.1) is 5.54 Å². The van der Waals surface area contributed by atoms with Crippen LogP contribution in [0, 0.1) is 0 Å². The van der Waals surface area contributed by atoms with E-state index in [1.807, 2.05) is 13.8 Å². The molecule has 5 heteroatoms. The summed E-state index contributed by atoms with van der Waals surface area (Å²) in [5.74, 6) is -0.243. The number of amides is 1. The quantitative estimate of drug-likeness (QED) is 0.642. The zero-order valence-corrected chi connectivity index (χ0v) is 13.6. The molecule has 0 aromatic rings. The molecule has 118 valence electrons. The number of rotatable bonds is 8. The maximum absolute atomic E-state index is 11.5. The molecule has 1 rings (SSSR count). The molecule has 0 spiro atoms. The van der Waals surface area contributed by atoms with Gasteiger partial charge in [0, 0.05) is 25.7 Å². The summed E-state index contributed by atoms with van der Waals surface area (Å²) < 4.78 is 0. The van der Waals surface area contributed by atoms with E-state index in [4.69, 9.17) is 5.73 Å². The van der Waals surface area contributed by atoms with Crippen molar-refractivity contribution in [2.24, 2.45) is 5.73 Å². The van der Waals surface area contributed by atoms with Crippen LogP contribution in [0.3, 0.4) is 0 Å². The van der Waals surface area contributed by atoms with Gasteiger partial charge in [-0.1, -0.05) is 6.92 Å². The maximum atomic E-state index is 11.5. The first-order valence-electron chi connectivity index (χ1n) is 7.86. The van der Waals surface area contributed by atoms with Crippen LogP contribution in [-0.2, 0) is 4.79 Å². The zero-order chi connectivity index (χ0) is 15.2. The van der Waals surface area contributed by atoms with Crippen molar-refractivity contribution in [3.05, 3.63) is 0 Å². The van der Waals surface area contributed by atoms with Gasteiger partial charge in [-0.15, -0.1) is 0 Å². The van der Waals surface area contributed by atoms with Crippen molar-refractivity contribution in [1.29, 1.82) is 0 Å². The average Bonchev–Trinajstić information content (AvgIpc) is 2.39. The van der Waals surface area contributed by atoms with Gasteiger partial charge in [-0.3, -0.25) is 4.79 Å². The molecule has 1 aliphatic heterocycles. The first kappa shape index (κ1) is 17.4. The van der Waals surface area contributed by atoms with Crippen molar-refractivity contribution in [2.45, 2.75) is 51.6 Å². The van der Waals surface area contributed by atoms with Gasteiger partial charge in [0.15, 0.2) is 0 Å². The Kier molecular flexibility index (Phi) is 6.92. The number of carbonyl (C=O) groups excluding carboxylic acids is 1. The highest BCUT2D eigenvalue weighted by atomic mass is 16.1. The topological polar surface area (TPSA) is 61.6 Å². The number of primary amides is 1. The van der Waals surface area contributed by atoms with Gasteiger partial charge in [0.1, 0.15) is 0 Å². The van der Waals surface area contributed by atoms with Crippen molar-refractivity contribution in [3.8, 4) is 0 Å². The van der Waals surface area contributed by atoms with Gasteiger partial charge in [-0.25, -0.2) is 0 Å². The molecule has 0 radical (unpaired) electrons. The maximum Gasteiger partial charge on any atom is 0.237 e. The molecule has 0 aromatic heterocycles. The molecule has 2 atom stereocenters. The van der Waals surface area contributed by atoms with E-state index in [9.17, 15) is 4.79 Å². The molecule has 2 unspecified atom stereocenters. The van der Waals surface area contributed by atoms with Gasteiger partial charge in [-0.2, -0.15) is 0 Å². The second kappa shape index (κ2) is 7.96. The number of nitrogens with two attached hydrogens (primary N) is 1. The first-order chi connectivity index (χ1) is 9.39. The lowest BCUT2D eigenvalue weighted by atomic mass is 9.94. The summed E-state index contributed by atoms with van der Waals surface area (Å²) in [6.45, 7) is 11.6. The lowest BCUT2D eigenvalue weighted by Crippen LogP contribution is -2.53. The van der Waals surface area contributed by atoms with Crippen LogP contribution in [0.5, 0.6) is 0 Å². The number of carbonyl (C=O) groups is 1. The van der Waals surface area contributed by atoms with E-state index in [2.05, 4.69) is 29.1 Å². The molecule has 20 heavy (non-hydrogen) atoms. The highest BCUT2D eigenvalue weighted by molar-refractivity contribution is 5.84. The van der Waals surface area contributed by atoms with Gasteiger partial charge < -0.3 is 20.9 Å². The normalized spacial score (nSPS) is 24.5. The van der Waals surface area contributed by atoms with Crippen molar-refractivity contribution in [2.75, 3.05) is 39.8 Å². The first-order valence-corrected chi connectivity index (χ1v) is 7.86. The molecule has 0 aliphatic carbocycles. The van der Waals surface area contributed by atoms with E-state index >= 15 is 0 Å². The largest absolute Gasteiger partial charge is 0.368 e. The van der Waals surface area contributed by atoms with E-state index in [0.29, 0.717) is 6.04 Å². The number of hydrogen-bond acceptors (Lipinski definition) is 4. The summed E-state index contributed by atoms with van der Waals surface area (Å²) >= 11 is 0. The summed E-state index contributed by atoms with van der Waals surface area (Å²) in [6.07, 6.45) is 2.98. The molecule has 1 heterocycles. The van der Waals surface area contributed by atoms with Crippen LogP contribution in [0.4, 0.5) is 0 Å².